The summed E-state index contributed by atoms with van der Waals surface area (Å²) in [5, 5.41) is 8.02. The van der Waals surface area contributed by atoms with Gasteiger partial charge in [-0.15, -0.1) is 0 Å². The lowest BCUT2D eigenvalue weighted by Crippen LogP contribution is -2.47. The first-order valence-electron chi connectivity index (χ1n) is 8.03. The molecular weight excluding hydrogens is 272 g/mol. The average molecular weight is 300 g/mol. The van der Waals surface area contributed by atoms with Crippen molar-refractivity contribution in [3.8, 4) is 0 Å². The van der Waals surface area contributed by atoms with Crippen LogP contribution in [0, 0.1) is 6.92 Å². The van der Waals surface area contributed by atoms with Crippen molar-refractivity contribution in [3.63, 3.8) is 0 Å². The molecule has 0 saturated heterocycles. The quantitative estimate of drug-likeness (QED) is 0.599. The fourth-order valence-corrected chi connectivity index (χ4v) is 2.52. The van der Waals surface area contributed by atoms with E-state index in [9.17, 15) is 0 Å². The van der Waals surface area contributed by atoms with E-state index in [1.807, 2.05) is 0 Å². The molecule has 0 radical (unpaired) electrons. The normalized spacial score (nSPS) is 12.7. The van der Waals surface area contributed by atoms with Crippen LogP contribution < -0.4 is 10.6 Å². The first kappa shape index (κ1) is 16.4. The number of benzene rings is 1. The molecule has 4 heteroatoms. The molecule has 0 aliphatic heterocycles. The first-order chi connectivity index (χ1) is 10.4. The highest BCUT2D eigenvalue weighted by Crippen LogP contribution is 2.21. The number of aromatic nitrogens is 1. The number of rotatable bonds is 4. The largest absolute Gasteiger partial charge is 0.361 e. The minimum Gasteiger partial charge on any atom is -0.361 e. The summed E-state index contributed by atoms with van der Waals surface area (Å²) in [5.74, 6) is 0.881. The molecule has 0 saturated carbocycles. The molecule has 4 nitrogen and oxygen atoms in total. The van der Waals surface area contributed by atoms with E-state index in [2.05, 4.69) is 79.6 Å². The van der Waals surface area contributed by atoms with E-state index < -0.39 is 0 Å². The molecule has 2 aromatic rings. The number of hydrogen-bond acceptors (Lipinski definition) is 1. The van der Waals surface area contributed by atoms with Crippen LogP contribution in [0.2, 0.25) is 0 Å². The Bertz CT molecular complexity index is 647. The van der Waals surface area contributed by atoms with Gasteiger partial charge in [-0.25, -0.2) is 0 Å². The maximum Gasteiger partial charge on any atom is 0.191 e. The topological polar surface area (TPSA) is 52.2 Å². The minimum atomic E-state index is 0.0128. The van der Waals surface area contributed by atoms with Crippen LogP contribution in [0.15, 0.2) is 29.4 Å². The third-order valence-corrected chi connectivity index (χ3v) is 3.50. The lowest BCUT2D eigenvalue weighted by molar-refractivity contribution is 0.501. The van der Waals surface area contributed by atoms with Crippen LogP contribution in [0.25, 0.3) is 10.9 Å². The summed E-state index contributed by atoms with van der Waals surface area (Å²) < 4.78 is 0. The standard InChI is InChI=1S/C18H28N4/c1-6-19-17(22-18(3,4)5)20-11-10-14-12-21-16-13(2)8-7-9-15(14)16/h7-9,12,21H,6,10-11H2,1-5H3,(H2,19,20,22). The van der Waals surface area contributed by atoms with Crippen molar-refractivity contribution >= 4 is 16.9 Å². The van der Waals surface area contributed by atoms with Crippen LogP contribution in [-0.2, 0) is 6.42 Å². The Labute approximate surface area is 133 Å². The van der Waals surface area contributed by atoms with Crippen molar-refractivity contribution in [1.82, 2.24) is 15.6 Å². The van der Waals surface area contributed by atoms with Gasteiger partial charge in [-0.3, -0.25) is 4.99 Å². The molecule has 22 heavy (non-hydrogen) atoms. The molecular formula is C18H28N4. The molecule has 0 atom stereocenters. The molecule has 0 fully saturated rings. The van der Waals surface area contributed by atoms with Crippen LogP contribution in [0.1, 0.15) is 38.8 Å². The van der Waals surface area contributed by atoms with E-state index in [0.29, 0.717) is 0 Å². The van der Waals surface area contributed by atoms with E-state index in [1.165, 1.54) is 22.0 Å². The summed E-state index contributed by atoms with van der Waals surface area (Å²) >= 11 is 0. The third kappa shape index (κ3) is 4.26. The lowest BCUT2D eigenvalue weighted by Gasteiger charge is -2.23. The first-order valence-corrected chi connectivity index (χ1v) is 8.03. The minimum absolute atomic E-state index is 0.0128. The fraction of sp³-hybridized carbons (Fsp3) is 0.500. The summed E-state index contributed by atoms with van der Waals surface area (Å²) in [6.07, 6.45) is 3.04. The summed E-state index contributed by atoms with van der Waals surface area (Å²) in [5.41, 5.74) is 3.86. The second-order valence-corrected chi connectivity index (χ2v) is 6.70. The van der Waals surface area contributed by atoms with E-state index >= 15 is 0 Å². The zero-order chi connectivity index (χ0) is 16.2. The molecule has 1 heterocycles. The number of aliphatic imine (C=N–C) groups is 1. The molecule has 0 aliphatic rings. The number of aromatic amines is 1. The summed E-state index contributed by atoms with van der Waals surface area (Å²) in [6, 6.07) is 6.43. The highest BCUT2D eigenvalue weighted by Gasteiger charge is 2.11. The Hall–Kier alpha value is -1.97. The van der Waals surface area contributed by atoms with Crippen molar-refractivity contribution in [2.45, 2.75) is 46.6 Å². The number of hydrogen-bond donors (Lipinski definition) is 3. The second-order valence-electron chi connectivity index (χ2n) is 6.70. The summed E-state index contributed by atoms with van der Waals surface area (Å²) in [7, 11) is 0. The molecule has 120 valence electrons. The maximum atomic E-state index is 4.68. The number of H-pyrrole nitrogens is 1. The van der Waals surface area contributed by atoms with Gasteiger partial charge in [0.25, 0.3) is 0 Å². The van der Waals surface area contributed by atoms with E-state index in [-0.39, 0.29) is 5.54 Å². The molecule has 0 spiro atoms. The Kier molecular flexibility index (Phi) is 5.11. The Balaban J connectivity index is 2.06. The van der Waals surface area contributed by atoms with Gasteiger partial charge in [-0.1, -0.05) is 18.2 Å². The second kappa shape index (κ2) is 6.86. The number of aryl methyl sites for hydroxylation is 1. The van der Waals surface area contributed by atoms with E-state index in [0.717, 1.165) is 25.5 Å². The fourth-order valence-electron chi connectivity index (χ4n) is 2.52. The van der Waals surface area contributed by atoms with Gasteiger partial charge < -0.3 is 15.6 Å². The van der Waals surface area contributed by atoms with Crippen molar-refractivity contribution < 1.29 is 0 Å². The Morgan fingerprint density at radius 3 is 2.73 bits per heavy atom. The van der Waals surface area contributed by atoms with Gasteiger partial charge in [0, 0.05) is 35.7 Å². The highest BCUT2D eigenvalue weighted by molar-refractivity contribution is 5.86. The smallest absolute Gasteiger partial charge is 0.191 e. The van der Waals surface area contributed by atoms with E-state index in [1.54, 1.807) is 0 Å². The summed E-state index contributed by atoms with van der Waals surface area (Å²) in [6.45, 7) is 12.3. The van der Waals surface area contributed by atoms with E-state index in [4.69, 9.17) is 0 Å². The van der Waals surface area contributed by atoms with Crippen LogP contribution in [0.3, 0.4) is 0 Å². The third-order valence-electron chi connectivity index (χ3n) is 3.50. The van der Waals surface area contributed by atoms with Gasteiger partial charge >= 0.3 is 0 Å². The number of nitrogens with one attached hydrogen (secondary N) is 3. The Morgan fingerprint density at radius 1 is 1.27 bits per heavy atom. The molecule has 0 aliphatic carbocycles. The molecule has 0 amide bonds. The number of guanidine groups is 1. The maximum absolute atomic E-state index is 4.68. The molecule has 1 aromatic heterocycles. The average Bonchev–Trinajstić information content (AvgIpc) is 2.82. The van der Waals surface area contributed by atoms with Gasteiger partial charge in [0.1, 0.15) is 0 Å². The van der Waals surface area contributed by atoms with Crippen molar-refractivity contribution in [2.24, 2.45) is 4.99 Å². The predicted molar refractivity (Wildman–Crippen MR) is 95.6 cm³/mol. The monoisotopic (exact) mass is 300 g/mol. The van der Waals surface area contributed by atoms with Crippen LogP contribution in [-0.4, -0.2) is 29.6 Å². The summed E-state index contributed by atoms with van der Waals surface area (Å²) in [4.78, 5) is 8.06. The zero-order valence-electron chi connectivity index (χ0n) is 14.4. The van der Waals surface area contributed by atoms with Gasteiger partial charge in [0.15, 0.2) is 5.96 Å². The van der Waals surface area contributed by atoms with Crippen molar-refractivity contribution in [1.29, 1.82) is 0 Å². The van der Waals surface area contributed by atoms with Crippen LogP contribution >= 0.6 is 0 Å². The van der Waals surface area contributed by atoms with Crippen molar-refractivity contribution in [2.75, 3.05) is 13.1 Å². The van der Waals surface area contributed by atoms with Gasteiger partial charge in [0.2, 0.25) is 0 Å². The number of fused-ring (bicyclic) bond motifs is 1. The van der Waals surface area contributed by atoms with Crippen LogP contribution in [0.4, 0.5) is 0 Å². The predicted octanol–water partition coefficient (Wildman–Crippen LogP) is 3.37. The molecule has 3 N–H and O–H groups in total. The molecule has 0 bridgehead atoms. The molecule has 0 unspecified atom stereocenters. The zero-order valence-corrected chi connectivity index (χ0v) is 14.4. The molecule has 1 aromatic carbocycles. The molecule has 2 rings (SSSR count). The van der Waals surface area contributed by atoms with Gasteiger partial charge in [-0.05, 0) is 52.2 Å². The Morgan fingerprint density at radius 2 is 2.05 bits per heavy atom. The highest BCUT2D eigenvalue weighted by atomic mass is 15.2. The number of para-hydroxylation sites is 1. The van der Waals surface area contributed by atoms with Crippen molar-refractivity contribution in [3.05, 3.63) is 35.5 Å². The number of nitrogens with zero attached hydrogens (tertiary/aromatic N) is 1. The van der Waals surface area contributed by atoms with Gasteiger partial charge in [0.05, 0.1) is 0 Å². The van der Waals surface area contributed by atoms with Gasteiger partial charge in [-0.2, -0.15) is 0 Å². The SMILES string of the molecule is CCNC(=NCCc1c[nH]c2c(C)cccc12)NC(C)(C)C. The van der Waals surface area contributed by atoms with Crippen LogP contribution in [0.5, 0.6) is 0 Å². The lowest BCUT2D eigenvalue weighted by atomic mass is 10.1.